The largest absolute Gasteiger partial charge is 0.497 e. The topological polar surface area (TPSA) is 75.7 Å². The minimum Gasteiger partial charge on any atom is -0.497 e. The minimum atomic E-state index is -0.801. The Morgan fingerprint density at radius 1 is 1.15 bits per heavy atom. The van der Waals surface area contributed by atoms with Crippen molar-refractivity contribution in [3.63, 3.8) is 0 Å². The van der Waals surface area contributed by atoms with Crippen LogP contribution in [0.5, 0.6) is 5.75 Å². The fourth-order valence-electron chi connectivity index (χ4n) is 2.23. The van der Waals surface area contributed by atoms with E-state index < -0.39 is 17.8 Å². The Labute approximate surface area is 151 Å². The van der Waals surface area contributed by atoms with Crippen LogP contribution in [0.15, 0.2) is 85.0 Å². The molecule has 1 aromatic carbocycles. The van der Waals surface area contributed by atoms with Crippen molar-refractivity contribution in [2.75, 3.05) is 12.0 Å². The molecule has 0 saturated carbocycles. The standard InChI is InChI=1S/C20H18N2O4/c1-4-7-14(5-2)8-6-9-17-18(23)21-20(25)22(19(17)24)15-10-12-16(26-3)13-11-15/h4-13H,1-2H2,3H3,(H,21,23,25)/b8-6+,14-7+,17-9-. The molecule has 0 bridgehead atoms. The van der Waals surface area contributed by atoms with Gasteiger partial charge in [-0.15, -0.1) is 0 Å². The molecule has 0 spiro atoms. The number of imide groups is 2. The highest BCUT2D eigenvalue weighted by Crippen LogP contribution is 2.23. The highest BCUT2D eigenvalue weighted by molar-refractivity contribution is 6.37. The molecular formula is C20H18N2O4. The molecule has 0 aliphatic carbocycles. The van der Waals surface area contributed by atoms with Crippen LogP contribution in [0.3, 0.4) is 0 Å². The van der Waals surface area contributed by atoms with Gasteiger partial charge in [-0.2, -0.15) is 0 Å². The summed E-state index contributed by atoms with van der Waals surface area (Å²) in [5.74, 6) is -0.872. The Morgan fingerprint density at radius 3 is 2.42 bits per heavy atom. The van der Waals surface area contributed by atoms with Gasteiger partial charge in [0.05, 0.1) is 12.8 Å². The Bertz CT molecular complexity index is 845. The molecule has 26 heavy (non-hydrogen) atoms. The van der Waals surface area contributed by atoms with Gasteiger partial charge in [-0.05, 0) is 35.9 Å². The van der Waals surface area contributed by atoms with E-state index in [0.717, 1.165) is 10.5 Å². The van der Waals surface area contributed by atoms with Crippen molar-refractivity contribution in [2.24, 2.45) is 0 Å². The van der Waals surface area contributed by atoms with E-state index in [-0.39, 0.29) is 5.57 Å². The van der Waals surface area contributed by atoms with Crippen molar-refractivity contribution in [1.82, 2.24) is 5.32 Å². The summed E-state index contributed by atoms with van der Waals surface area (Å²) < 4.78 is 5.06. The van der Waals surface area contributed by atoms with Gasteiger partial charge in [-0.1, -0.05) is 43.5 Å². The SMILES string of the molecule is C=C/C=C(C=C)/C=C/C=C1/C(=O)NC(=O)N(c2ccc(OC)cc2)C1=O. The summed E-state index contributed by atoms with van der Waals surface area (Å²) in [4.78, 5) is 37.6. The van der Waals surface area contributed by atoms with E-state index in [9.17, 15) is 14.4 Å². The molecule has 1 aliphatic rings. The summed E-state index contributed by atoms with van der Waals surface area (Å²) in [7, 11) is 1.51. The van der Waals surface area contributed by atoms with Crippen LogP contribution in [-0.4, -0.2) is 25.0 Å². The zero-order valence-electron chi connectivity index (χ0n) is 14.3. The molecule has 1 saturated heterocycles. The number of carbonyl (C=O) groups excluding carboxylic acids is 3. The Balaban J connectivity index is 2.33. The number of urea groups is 1. The van der Waals surface area contributed by atoms with Crippen molar-refractivity contribution < 1.29 is 19.1 Å². The number of barbiturate groups is 1. The van der Waals surface area contributed by atoms with Crippen LogP contribution in [0.2, 0.25) is 0 Å². The zero-order valence-corrected chi connectivity index (χ0v) is 14.3. The minimum absolute atomic E-state index is 0.154. The summed E-state index contributed by atoms with van der Waals surface area (Å²) in [5, 5.41) is 2.16. The van der Waals surface area contributed by atoms with E-state index in [0.29, 0.717) is 11.4 Å². The summed E-state index contributed by atoms with van der Waals surface area (Å²) in [6.45, 7) is 7.24. The van der Waals surface area contributed by atoms with E-state index in [4.69, 9.17) is 4.74 Å². The van der Waals surface area contributed by atoms with Crippen LogP contribution in [0.25, 0.3) is 0 Å². The smallest absolute Gasteiger partial charge is 0.335 e. The second kappa shape index (κ2) is 8.43. The molecule has 132 valence electrons. The lowest BCUT2D eigenvalue weighted by atomic mass is 10.1. The summed E-state index contributed by atoms with van der Waals surface area (Å²) in [6, 6.07) is 5.55. The second-order valence-corrected chi connectivity index (χ2v) is 5.14. The number of hydrogen-bond donors (Lipinski definition) is 1. The first-order valence-corrected chi connectivity index (χ1v) is 7.69. The maximum atomic E-state index is 12.6. The molecule has 1 heterocycles. The van der Waals surface area contributed by atoms with E-state index in [1.807, 2.05) is 0 Å². The lowest BCUT2D eigenvalue weighted by Gasteiger charge is -2.26. The van der Waals surface area contributed by atoms with Gasteiger partial charge in [-0.3, -0.25) is 14.9 Å². The van der Waals surface area contributed by atoms with Crippen molar-refractivity contribution in [2.45, 2.75) is 0 Å². The Morgan fingerprint density at radius 2 is 1.85 bits per heavy atom. The molecule has 2 rings (SSSR count). The third-order valence-electron chi connectivity index (χ3n) is 3.53. The van der Waals surface area contributed by atoms with Gasteiger partial charge >= 0.3 is 6.03 Å². The van der Waals surface area contributed by atoms with E-state index in [2.05, 4.69) is 18.5 Å². The predicted molar refractivity (Wildman–Crippen MR) is 99.7 cm³/mol. The van der Waals surface area contributed by atoms with Gasteiger partial charge in [0.1, 0.15) is 11.3 Å². The molecule has 1 aromatic rings. The number of anilines is 1. The highest BCUT2D eigenvalue weighted by atomic mass is 16.5. The van der Waals surface area contributed by atoms with Gasteiger partial charge in [0.25, 0.3) is 11.8 Å². The number of amides is 4. The quantitative estimate of drug-likeness (QED) is 0.486. The van der Waals surface area contributed by atoms with Crippen LogP contribution in [0, 0.1) is 0 Å². The van der Waals surface area contributed by atoms with E-state index in [1.165, 1.54) is 19.3 Å². The fourth-order valence-corrected chi connectivity index (χ4v) is 2.23. The summed E-state index contributed by atoms with van der Waals surface area (Å²) in [5.41, 5.74) is 0.927. The summed E-state index contributed by atoms with van der Waals surface area (Å²) in [6.07, 6.45) is 9.46. The normalized spacial score (nSPS) is 16.8. The third kappa shape index (κ3) is 4.05. The number of rotatable bonds is 6. The average Bonchev–Trinajstić information content (AvgIpc) is 2.63. The van der Waals surface area contributed by atoms with Crippen LogP contribution < -0.4 is 15.0 Å². The molecular weight excluding hydrogens is 332 g/mol. The first-order valence-electron chi connectivity index (χ1n) is 7.69. The predicted octanol–water partition coefficient (Wildman–Crippen LogP) is 3.06. The third-order valence-corrected chi connectivity index (χ3v) is 3.53. The number of hydrogen-bond acceptors (Lipinski definition) is 4. The molecule has 0 aromatic heterocycles. The van der Waals surface area contributed by atoms with Crippen molar-refractivity contribution in [3.05, 3.63) is 85.0 Å². The second-order valence-electron chi connectivity index (χ2n) is 5.14. The maximum absolute atomic E-state index is 12.6. The monoisotopic (exact) mass is 350 g/mol. The van der Waals surface area contributed by atoms with E-state index >= 15 is 0 Å². The molecule has 0 radical (unpaired) electrons. The lowest BCUT2D eigenvalue weighted by molar-refractivity contribution is -0.122. The van der Waals surface area contributed by atoms with Crippen LogP contribution in [0.1, 0.15) is 0 Å². The van der Waals surface area contributed by atoms with Gasteiger partial charge in [0, 0.05) is 0 Å². The van der Waals surface area contributed by atoms with Gasteiger partial charge in [0.2, 0.25) is 0 Å². The molecule has 0 atom stereocenters. The van der Waals surface area contributed by atoms with Crippen molar-refractivity contribution >= 4 is 23.5 Å². The molecule has 6 nitrogen and oxygen atoms in total. The Hall–Kier alpha value is -3.67. The number of nitrogens with one attached hydrogen (secondary N) is 1. The number of allylic oxidation sites excluding steroid dienone is 7. The zero-order chi connectivity index (χ0) is 19.1. The van der Waals surface area contributed by atoms with Crippen LogP contribution in [0.4, 0.5) is 10.5 Å². The van der Waals surface area contributed by atoms with E-state index in [1.54, 1.807) is 48.6 Å². The van der Waals surface area contributed by atoms with Crippen LogP contribution in [-0.2, 0) is 9.59 Å². The molecule has 6 heteroatoms. The number of ether oxygens (including phenoxy) is 1. The number of benzene rings is 1. The van der Waals surface area contributed by atoms with Gasteiger partial charge in [-0.25, -0.2) is 9.69 Å². The maximum Gasteiger partial charge on any atom is 0.335 e. The average molecular weight is 350 g/mol. The number of nitrogens with zero attached hydrogens (tertiary/aromatic N) is 1. The van der Waals surface area contributed by atoms with Gasteiger partial charge < -0.3 is 4.74 Å². The van der Waals surface area contributed by atoms with Crippen molar-refractivity contribution in [3.8, 4) is 5.75 Å². The molecule has 1 fully saturated rings. The first-order chi connectivity index (χ1) is 12.5. The number of methoxy groups -OCH3 is 1. The van der Waals surface area contributed by atoms with Gasteiger partial charge in [0.15, 0.2) is 0 Å². The number of carbonyl (C=O) groups is 3. The molecule has 0 unspecified atom stereocenters. The Kier molecular flexibility index (Phi) is 6.06. The molecule has 4 amide bonds. The highest BCUT2D eigenvalue weighted by Gasteiger charge is 2.36. The fraction of sp³-hybridized carbons (Fsp3) is 0.0500. The molecule has 1 N–H and O–H groups in total. The van der Waals surface area contributed by atoms with Crippen LogP contribution >= 0.6 is 0 Å². The lowest BCUT2D eigenvalue weighted by Crippen LogP contribution is -2.54. The van der Waals surface area contributed by atoms with Crippen molar-refractivity contribution in [1.29, 1.82) is 0 Å². The molecule has 1 aliphatic heterocycles. The first kappa shape index (κ1) is 18.7. The summed E-state index contributed by atoms with van der Waals surface area (Å²) >= 11 is 0.